The molecule has 0 saturated carbocycles. The molecule has 0 fully saturated rings. The summed E-state index contributed by atoms with van der Waals surface area (Å²) in [5, 5.41) is 8.95. The van der Waals surface area contributed by atoms with E-state index in [1.165, 1.54) is 0 Å². The number of carbonyl (C=O) groups is 1. The average Bonchev–Trinajstić information content (AvgIpc) is 2.12. The molecule has 1 atom stereocenters. The standard InChI is InChI=1S/C11H18O3/c1-4-14-11(13)9(2)7-5-6-8-10(3)12/h5-7,10,12H,4,8H2,1-3H3. The largest absolute Gasteiger partial charge is 0.463 e. The Morgan fingerprint density at radius 3 is 2.71 bits per heavy atom. The zero-order valence-corrected chi connectivity index (χ0v) is 8.99. The predicted molar refractivity (Wildman–Crippen MR) is 55.8 cm³/mol. The fraction of sp³-hybridized carbons (Fsp3) is 0.545. The molecule has 3 heteroatoms. The van der Waals surface area contributed by atoms with E-state index >= 15 is 0 Å². The highest BCUT2D eigenvalue weighted by Gasteiger charge is 2.01. The van der Waals surface area contributed by atoms with Crippen molar-refractivity contribution in [1.29, 1.82) is 0 Å². The number of hydrogen-bond acceptors (Lipinski definition) is 3. The van der Waals surface area contributed by atoms with Gasteiger partial charge in [-0.3, -0.25) is 0 Å². The first-order valence-corrected chi connectivity index (χ1v) is 4.76. The molecule has 0 aliphatic heterocycles. The van der Waals surface area contributed by atoms with Crippen LogP contribution in [0.3, 0.4) is 0 Å². The van der Waals surface area contributed by atoms with Gasteiger partial charge in [-0.1, -0.05) is 18.2 Å². The Balaban J connectivity index is 3.98. The van der Waals surface area contributed by atoms with E-state index in [4.69, 9.17) is 9.84 Å². The average molecular weight is 198 g/mol. The van der Waals surface area contributed by atoms with Crippen molar-refractivity contribution >= 4 is 5.97 Å². The van der Waals surface area contributed by atoms with Gasteiger partial charge in [-0.05, 0) is 27.2 Å². The van der Waals surface area contributed by atoms with Crippen LogP contribution < -0.4 is 0 Å². The smallest absolute Gasteiger partial charge is 0.333 e. The van der Waals surface area contributed by atoms with Crippen LogP contribution in [0.15, 0.2) is 23.8 Å². The summed E-state index contributed by atoms with van der Waals surface area (Å²) >= 11 is 0. The van der Waals surface area contributed by atoms with Gasteiger partial charge in [-0.2, -0.15) is 0 Å². The highest BCUT2D eigenvalue weighted by Crippen LogP contribution is 1.98. The zero-order valence-electron chi connectivity index (χ0n) is 8.99. The molecule has 0 aromatic carbocycles. The summed E-state index contributed by atoms with van der Waals surface area (Å²) in [6, 6.07) is 0. The Bertz CT molecular complexity index is 227. The molecule has 0 heterocycles. The van der Waals surface area contributed by atoms with Crippen molar-refractivity contribution in [2.24, 2.45) is 0 Å². The molecule has 0 aliphatic rings. The Hall–Kier alpha value is -1.09. The van der Waals surface area contributed by atoms with E-state index in [-0.39, 0.29) is 12.1 Å². The van der Waals surface area contributed by atoms with Crippen LogP contribution in [0.2, 0.25) is 0 Å². The van der Waals surface area contributed by atoms with Gasteiger partial charge in [-0.25, -0.2) is 4.79 Å². The molecule has 0 radical (unpaired) electrons. The van der Waals surface area contributed by atoms with E-state index in [0.29, 0.717) is 18.6 Å². The first-order valence-electron chi connectivity index (χ1n) is 4.76. The van der Waals surface area contributed by atoms with Crippen molar-refractivity contribution in [3.63, 3.8) is 0 Å². The second-order valence-corrected chi connectivity index (χ2v) is 3.08. The zero-order chi connectivity index (χ0) is 11.0. The molecule has 0 bridgehead atoms. The van der Waals surface area contributed by atoms with Crippen LogP contribution in [0.25, 0.3) is 0 Å². The summed E-state index contributed by atoms with van der Waals surface area (Å²) in [7, 11) is 0. The van der Waals surface area contributed by atoms with Crippen molar-refractivity contribution in [1.82, 2.24) is 0 Å². The molecular weight excluding hydrogens is 180 g/mol. The highest BCUT2D eigenvalue weighted by atomic mass is 16.5. The summed E-state index contributed by atoms with van der Waals surface area (Å²) in [5.74, 6) is -0.297. The van der Waals surface area contributed by atoms with Crippen LogP contribution in [0, 0.1) is 0 Å². The summed E-state index contributed by atoms with van der Waals surface area (Å²) in [5.41, 5.74) is 0.564. The van der Waals surface area contributed by atoms with Gasteiger partial charge in [0.15, 0.2) is 0 Å². The van der Waals surface area contributed by atoms with Crippen LogP contribution in [-0.4, -0.2) is 23.8 Å². The summed E-state index contributed by atoms with van der Waals surface area (Å²) in [4.78, 5) is 11.1. The van der Waals surface area contributed by atoms with Gasteiger partial charge >= 0.3 is 5.97 Å². The topological polar surface area (TPSA) is 46.5 Å². The second-order valence-electron chi connectivity index (χ2n) is 3.08. The first-order chi connectivity index (χ1) is 6.57. The maximum absolute atomic E-state index is 11.1. The lowest BCUT2D eigenvalue weighted by Crippen LogP contribution is -2.04. The second kappa shape index (κ2) is 7.33. The fourth-order valence-electron chi connectivity index (χ4n) is 0.801. The van der Waals surface area contributed by atoms with Crippen LogP contribution >= 0.6 is 0 Å². The van der Waals surface area contributed by atoms with Crippen LogP contribution in [0.5, 0.6) is 0 Å². The lowest BCUT2D eigenvalue weighted by atomic mass is 10.2. The highest BCUT2D eigenvalue weighted by molar-refractivity contribution is 5.88. The first kappa shape index (κ1) is 12.9. The van der Waals surface area contributed by atoms with E-state index in [1.54, 1.807) is 32.9 Å². The summed E-state index contributed by atoms with van der Waals surface area (Å²) in [6.45, 7) is 5.58. The third-order valence-corrected chi connectivity index (χ3v) is 1.56. The number of ether oxygens (including phenoxy) is 1. The van der Waals surface area contributed by atoms with Crippen molar-refractivity contribution < 1.29 is 14.6 Å². The molecule has 1 unspecified atom stereocenters. The van der Waals surface area contributed by atoms with Crippen LogP contribution in [0.1, 0.15) is 27.2 Å². The number of carbonyl (C=O) groups excluding carboxylic acids is 1. The minimum atomic E-state index is -0.345. The molecule has 0 aliphatic carbocycles. The molecule has 14 heavy (non-hydrogen) atoms. The lowest BCUT2D eigenvalue weighted by molar-refractivity contribution is -0.138. The van der Waals surface area contributed by atoms with Crippen molar-refractivity contribution in [3.05, 3.63) is 23.8 Å². The van der Waals surface area contributed by atoms with Gasteiger partial charge in [0.2, 0.25) is 0 Å². The summed E-state index contributed by atoms with van der Waals surface area (Å²) < 4.78 is 4.79. The van der Waals surface area contributed by atoms with Crippen LogP contribution in [0.4, 0.5) is 0 Å². The summed E-state index contributed by atoms with van der Waals surface area (Å²) in [6.07, 6.45) is 5.49. The minimum absolute atomic E-state index is 0.297. The molecule has 0 rings (SSSR count). The predicted octanol–water partition coefficient (Wildman–Crippen LogP) is 1.82. The maximum atomic E-state index is 11.1. The molecule has 1 N–H and O–H groups in total. The Kier molecular flexibility index (Phi) is 6.76. The molecule has 3 nitrogen and oxygen atoms in total. The van der Waals surface area contributed by atoms with Gasteiger partial charge in [0.05, 0.1) is 12.7 Å². The Morgan fingerprint density at radius 2 is 2.21 bits per heavy atom. The normalized spacial score (nSPS) is 14.4. The van der Waals surface area contributed by atoms with Gasteiger partial charge < -0.3 is 9.84 Å². The van der Waals surface area contributed by atoms with E-state index < -0.39 is 0 Å². The Labute approximate surface area is 85.1 Å². The molecular formula is C11H18O3. The van der Waals surface area contributed by atoms with Gasteiger partial charge in [0.25, 0.3) is 0 Å². The number of aliphatic hydroxyl groups is 1. The number of esters is 1. The number of allylic oxidation sites excluding steroid dienone is 2. The van der Waals surface area contributed by atoms with Crippen molar-refractivity contribution in [3.8, 4) is 0 Å². The maximum Gasteiger partial charge on any atom is 0.333 e. The Morgan fingerprint density at radius 1 is 1.57 bits per heavy atom. The molecule has 0 amide bonds. The molecule has 0 saturated heterocycles. The monoisotopic (exact) mass is 198 g/mol. The third kappa shape index (κ3) is 6.43. The molecule has 0 aromatic heterocycles. The molecule has 0 aromatic rings. The molecule has 80 valence electrons. The molecule has 0 spiro atoms. The van der Waals surface area contributed by atoms with Gasteiger partial charge in [-0.15, -0.1) is 0 Å². The number of hydrogen-bond donors (Lipinski definition) is 1. The van der Waals surface area contributed by atoms with E-state index in [0.717, 1.165) is 0 Å². The minimum Gasteiger partial charge on any atom is -0.463 e. The number of rotatable bonds is 5. The van der Waals surface area contributed by atoms with Crippen molar-refractivity contribution in [2.75, 3.05) is 6.61 Å². The van der Waals surface area contributed by atoms with E-state index in [1.807, 2.05) is 6.08 Å². The van der Waals surface area contributed by atoms with E-state index in [9.17, 15) is 4.79 Å². The van der Waals surface area contributed by atoms with Gasteiger partial charge in [0.1, 0.15) is 0 Å². The quantitative estimate of drug-likeness (QED) is 0.416. The van der Waals surface area contributed by atoms with Crippen molar-refractivity contribution in [2.45, 2.75) is 33.3 Å². The third-order valence-electron chi connectivity index (χ3n) is 1.56. The van der Waals surface area contributed by atoms with Crippen LogP contribution in [-0.2, 0) is 9.53 Å². The fourth-order valence-corrected chi connectivity index (χ4v) is 0.801. The lowest BCUT2D eigenvalue weighted by Gasteiger charge is -1.99. The van der Waals surface area contributed by atoms with Gasteiger partial charge in [0, 0.05) is 5.57 Å². The SMILES string of the molecule is CCOC(=O)C(C)=CC=CCC(C)O. The van der Waals surface area contributed by atoms with E-state index in [2.05, 4.69) is 0 Å². The number of aliphatic hydroxyl groups excluding tert-OH is 1.